The highest BCUT2D eigenvalue weighted by Gasteiger charge is 2.01. The highest BCUT2D eigenvalue weighted by molar-refractivity contribution is 9.08. The number of alkyl halides is 1. The fourth-order valence-electron chi connectivity index (χ4n) is 1.22. The lowest BCUT2D eigenvalue weighted by molar-refractivity contribution is 0.414. The van der Waals surface area contributed by atoms with E-state index in [-0.39, 0.29) is 0 Å². The van der Waals surface area contributed by atoms with E-state index >= 15 is 0 Å². The van der Waals surface area contributed by atoms with Crippen molar-refractivity contribution in [1.29, 1.82) is 0 Å². The van der Waals surface area contributed by atoms with Gasteiger partial charge >= 0.3 is 0 Å². The van der Waals surface area contributed by atoms with Crippen LogP contribution < -0.4 is 4.74 Å². The molecule has 0 N–H and O–H groups in total. The smallest absolute Gasteiger partial charge is 0.119 e. The number of ether oxygens (including phenoxy) is 1. The van der Waals surface area contributed by atoms with Crippen molar-refractivity contribution in [2.75, 3.05) is 7.11 Å². The molecule has 0 spiro atoms. The first kappa shape index (κ1) is 10.2. The molecule has 0 unspecified atom stereocenters. The predicted octanol–water partition coefficient (Wildman–Crippen LogP) is 2.17. The first-order chi connectivity index (χ1) is 7.33. The van der Waals surface area contributed by atoms with Crippen LogP contribution in [0.15, 0.2) is 30.5 Å². The number of hydrogen-bond donors (Lipinski definition) is 0. The maximum atomic E-state index is 5.08. The molecular weight excluding hydrogens is 258 g/mol. The summed E-state index contributed by atoms with van der Waals surface area (Å²) in [5.41, 5.74) is 1.88. The van der Waals surface area contributed by atoms with E-state index in [1.807, 2.05) is 30.5 Å². The van der Waals surface area contributed by atoms with Crippen molar-refractivity contribution in [2.24, 2.45) is 0 Å². The molecule has 15 heavy (non-hydrogen) atoms. The Morgan fingerprint density at radius 2 is 2.07 bits per heavy atom. The quantitative estimate of drug-likeness (QED) is 0.801. The standard InChI is InChI=1S/C10H10BrN3O/c1-15-10-4-2-9(3-5-10)14-7-8(6-11)12-13-14/h2-5,7H,6H2,1H3. The number of aromatic nitrogens is 3. The van der Waals surface area contributed by atoms with Crippen molar-refractivity contribution in [3.05, 3.63) is 36.2 Å². The molecule has 0 aliphatic rings. The van der Waals surface area contributed by atoms with Crippen molar-refractivity contribution >= 4 is 15.9 Å². The lowest BCUT2D eigenvalue weighted by Gasteiger charge is -2.01. The number of rotatable bonds is 3. The van der Waals surface area contributed by atoms with Gasteiger partial charge in [0.25, 0.3) is 0 Å². The summed E-state index contributed by atoms with van der Waals surface area (Å²) in [5, 5.41) is 8.71. The van der Waals surface area contributed by atoms with Gasteiger partial charge in [-0.2, -0.15) is 0 Å². The summed E-state index contributed by atoms with van der Waals surface area (Å²) in [5.74, 6) is 0.833. The van der Waals surface area contributed by atoms with Crippen LogP contribution in [0, 0.1) is 0 Å². The van der Waals surface area contributed by atoms with Gasteiger partial charge in [0.1, 0.15) is 5.75 Å². The van der Waals surface area contributed by atoms with Gasteiger partial charge in [0.15, 0.2) is 0 Å². The zero-order valence-corrected chi connectivity index (χ0v) is 9.81. The Labute approximate surface area is 96.0 Å². The van der Waals surface area contributed by atoms with E-state index < -0.39 is 0 Å². The second-order valence-corrected chi connectivity index (χ2v) is 3.55. The average Bonchev–Trinajstić information content (AvgIpc) is 2.78. The van der Waals surface area contributed by atoms with Gasteiger partial charge in [-0.25, -0.2) is 4.68 Å². The third-order valence-corrected chi connectivity index (χ3v) is 2.59. The number of methoxy groups -OCH3 is 1. The second kappa shape index (κ2) is 4.44. The van der Waals surface area contributed by atoms with Crippen molar-refractivity contribution < 1.29 is 4.74 Å². The van der Waals surface area contributed by atoms with Crippen LogP contribution >= 0.6 is 15.9 Å². The molecule has 0 atom stereocenters. The Kier molecular flexibility index (Phi) is 3.01. The number of benzene rings is 1. The van der Waals surface area contributed by atoms with E-state index in [0.29, 0.717) is 5.33 Å². The molecule has 1 aromatic carbocycles. The van der Waals surface area contributed by atoms with Crippen molar-refractivity contribution in [1.82, 2.24) is 15.0 Å². The topological polar surface area (TPSA) is 39.9 Å². The molecule has 78 valence electrons. The number of hydrogen-bond acceptors (Lipinski definition) is 3. The average molecular weight is 268 g/mol. The Morgan fingerprint density at radius 1 is 1.33 bits per heavy atom. The summed E-state index contributed by atoms with van der Waals surface area (Å²) < 4.78 is 6.81. The van der Waals surface area contributed by atoms with E-state index in [0.717, 1.165) is 17.1 Å². The second-order valence-electron chi connectivity index (χ2n) is 2.99. The lowest BCUT2D eigenvalue weighted by atomic mass is 10.3. The van der Waals surface area contributed by atoms with Gasteiger partial charge in [0, 0.05) is 5.33 Å². The molecule has 0 bridgehead atoms. The normalized spacial score (nSPS) is 10.3. The summed E-state index contributed by atoms with van der Waals surface area (Å²) in [6.07, 6.45) is 1.89. The van der Waals surface area contributed by atoms with Gasteiger partial charge < -0.3 is 4.74 Å². The third kappa shape index (κ3) is 2.18. The van der Waals surface area contributed by atoms with Crippen LogP contribution in [-0.2, 0) is 5.33 Å². The molecule has 2 aromatic rings. The minimum Gasteiger partial charge on any atom is -0.497 e. The lowest BCUT2D eigenvalue weighted by Crippen LogP contribution is -1.94. The SMILES string of the molecule is COc1ccc(-n2cc(CBr)nn2)cc1. The molecular formula is C10H10BrN3O. The summed E-state index contributed by atoms with van der Waals surface area (Å²) in [7, 11) is 1.65. The summed E-state index contributed by atoms with van der Waals surface area (Å²) >= 11 is 3.33. The minimum atomic E-state index is 0.711. The van der Waals surface area contributed by atoms with Crippen LogP contribution in [0.25, 0.3) is 5.69 Å². The maximum Gasteiger partial charge on any atom is 0.119 e. The van der Waals surface area contributed by atoms with Crippen molar-refractivity contribution in [3.63, 3.8) is 0 Å². The van der Waals surface area contributed by atoms with Gasteiger partial charge in [-0.15, -0.1) is 5.10 Å². The zero-order chi connectivity index (χ0) is 10.7. The van der Waals surface area contributed by atoms with Gasteiger partial charge in [0.2, 0.25) is 0 Å². The molecule has 4 nitrogen and oxygen atoms in total. The van der Waals surface area contributed by atoms with Crippen molar-refractivity contribution in [3.8, 4) is 11.4 Å². The van der Waals surface area contributed by atoms with Gasteiger partial charge in [0.05, 0.1) is 24.7 Å². The summed E-state index contributed by atoms with van der Waals surface area (Å²) in [6.45, 7) is 0. The van der Waals surface area contributed by atoms with Gasteiger partial charge in [-0.1, -0.05) is 21.1 Å². The molecule has 5 heteroatoms. The molecule has 0 amide bonds. The molecule has 0 aliphatic heterocycles. The first-order valence-electron chi connectivity index (χ1n) is 4.45. The third-order valence-electron chi connectivity index (χ3n) is 2.01. The predicted molar refractivity (Wildman–Crippen MR) is 60.5 cm³/mol. The van der Waals surface area contributed by atoms with Gasteiger partial charge in [-0.3, -0.25) is 0 Å². The molecule has 0 aliphatic carbocycles. The monoisotopic (exact) mass is 267 g/mol. The molecule has 1 heterocycles. The van der Waals surface area contributed by atoms with Gasteiger partial charge in [-0.05, 0) is 24.3 Å². The molecule has 2 rings (SSSR count). The maximum absolute atomic E-state index is 5.08. The highest BCUT2D eigenvalue weighted by Crippen LogP contribution is 2.14. The molecule has 0 saturated heterocycles. The van der Waals surface area contributed by atoms with E-state index in [4.69, 9.17) is 4.74 Å². The fraction of sp³-hybridized carbons (Fsp3) is 0.200. The van der Waals surface area contributed by atoms with Crippen LogP contribution in [0.4, 0.5) is 0 Å². The van der Waals surface area contributed by atoms with E-state index in [2.05, 4.69) is 26.2 Å². The zero-order valence-electron chi connectivity index (χ0n) is 8.22. The van der Waals surface area contributed by atoms with Crippen molar-refractivity contribution in [2.45, 2.75) is 5.33 Å². The molecule has 0 radical (unpaired) electrons. The Hall–Kier alpha value is -1.36. The largest absolute Gasteiger partial charge is 0.497 e. The minimum absolute atomic E-state index is 0.711. The summed E-state index contributed by atoms with van der Waals surface area (Å²) in [6, 6.07) is 7.66. The molecule has 0 fully saturated rings. The van der Waals surface area contributed by atoms with Crippen LogP contribution in [-0.4, -0.2) is 22.1 Å². The van der Waals surface area contributed by atoms with E-state index in [1.54, 1.807) is 11.8 Å². The van der Waals surface area contributed by atoms with Crippen LogP contribution in [0.5, 0.6) is 5.75 Å². The number of halogens is 1. The Balaban J connectivity index is 2.28. The van der Waals surface area contributed by atoms with E-state index in [9.17, 15) is 0 Å². The fourth-order valence-corrected chi connectivity index (χ4v) is 1.48. The van der Waals surface area contributed by atoms with Crippen LogP contribution in [0.2, 0.25) is 0 Å². The first-order valence-corrected chi connectivity index (χ1v) is 5.57. The van der Waals surface area contributed by atoms with Crippen LogP contribution in [0.1, 0.15) is 5.69 Å². The Bertz CT molecular complexity index is 438. The molecule has 1 aromatic heterocycles. The number of nitrogens with zero attached hydrogens (tertiary/aromatic N) is 3. The highest BCUT2D eigenvalue weighted by atomic mass is 79.9. The van der Waals surface area contributed by atoms with Crippen LogP contribution in [0.3, 0.4) is 0 Å². The molecule has 0 saturated carbocycles. The van der Waals surface area contributed by atoms with E-state index in [1.165, 1.54) is 0 Å². The Morgan fingerprint density at radius 3 is 2.60 bits per heavy atom. The summed E-state index contributed by atoms with van der Waals surface area (Å²) in [4.78, 5) is 0.